The zero-order valence-electron chi connectivity index (χ0n) is 13.4. The molecule has 0 spiro atoms. The molecule has 1 aliphatic rings. The van der Waals surface area contributed by atoms with Crippen LogP contribution >= 0.6 is 11.6 Å². The first-order valence-electron chi connectivity index (χ1n) is 7.60. The number of halogens is 1. The predicted molar refractivity (Wildman–Crippen MR) is 92.9 cm³/mol. The van der Waals surface area contributed by atoms with Crippen LogP contribution in [0, 0.1) is 6.92 Å². The molecule has 1 amide bonds. The molecule has 1 aliphatic heterocycles. The number of carbonyl (C=O) groups excluding carboxylic acids is 1. The highest BCUT2D eigenvalue weighted by Crippen LogP contribution is 2.38. The maximum atomic E-state index is 12.4. The van der Waals surface area contributed by atoms with Gasteiger partial charge in [-0.3, -0.25) is 4.79 Å². The Morgan fingerprint density at radius 3 is 2.64 bits per heavy atom. The smallest absolute Gasteiger partial charge is 0.265 e. The van der Waals surface area contributed by atoms with Crippen LogP contribution in [0.15, 0.2) is 41.3 Å². The molecule has 0 aliphatic carbocycles. The van der Waals surface area contributed by atoms with E-state index in [9.17, 15) is 13.2 Å². The van der Waals surface area contributed by atoms with E-state index in [1.165, 1.54) is 18.2 Å². The number of hydrogen-bond donors (Lipinski definition) is 1. The molecular weight excluding hydrogens is 366 g/mol. The average molecular weight is 382 g/mol. The van der Waals surface area contributed by atoms with Crippen LogP contribution in [0.4, 0.5) is 0 Å². The minimum atomic E-state index is -3.99. The van der Waals surface area contributed by atoms with E-state index in [1.807, 2.05) is 0 Å². The van der Waals surface area contributed by atoms with Crippen molar-refractivity contribution in [2.24, 2.45) is 0 Å². The average Bonchev–Trinajstić information content (AvgIpc) is 2.80. The van der Waals surface area contributed by atoms with Crippen molar-refractivity contribution in [2.45, 2.75) is 18.2 Å². The molecule has 0 atom stereocenters. The maximum absolute atomic E-state index is 12.4. The van der Waals surface area contributed by atoms with Crippen LogP contribution in [0.3, 0.4) is 0 Å². The number of aryl methyl sites for hydroxylation is 1. The molecule has 1 heterocycles. The number of nitrogens with one attached hydrogen (secondary N) is 1. The van der Waals surface area contributed by atoms with Crippen molar-refractivity contribution in [3.05, 3.63) is 52.5 Å². The second-order valence-corrected chi connectivity index (χ2v) is 7.59. The molecule has 0 unspecified atom stereocenters. The number of fused-ring (bicyclic) bond motifs is 1. The van der Waals surface area contributed by atoms with Gasteiger partial charge in [0.05, 0.1) is 23.1 Å². The van der Waals surface area contributed by atoms with Gasteiger partial charge in [-0.1, -0.05) is 29.8 Å². The van der Waals surface area contributed by atoms with Crippen molar-refractivity contribution in [3.63, 3.8) is 0 Å². The van der Waals surface area contributed by atoms with E-state index in [1.54, 1.807) is 25.1 Å². The van der Waals surface area contributed by atoms with Crippen LogP contribution in [0.5, 0.6) is 11.5 Å². The lowest BCUT2D eigenvalue weighted by Gasteiger charge is -2.12. The summed E-state index contributed by atoms with van der Waals surface area (Å²) in [4.78, 5) is 12.5. The second-order valence-electron chi connectivity index (χ2n) is 5.54. The fraction of sp³-hybridized carbons (Fsp3) is 0.235. The van der Waals surface area contributed by atoms with E-state index in [0.29, 0.717) is 36.7 Å². The summed E-state index contributed by atoms with van der Waals surface area (Å²) in [5, 5.41) is 0.192. The van der Waals surface area contributed by atoms with Gasteiger partial charge in [-0.25, -0.2) is 13.1 Å². The Bertz CT molecular complexity index is 927. The maximum Gasteiger partial charge on any atom is 0.265 e. The number of hydrogen-bond acceptors (Lipinski definition) is 5. The Kier molecular flexibility index (Phi) is 4.87. The number of benzene rings is 2. The van der Waals surface area contributed by atoms with Crippen molar-refractivity contribution >= 4 is 27.5 Å². The Morgan fingerprint density at radius 2 is 1.88 bits per heavy atom. The highest BCUT2D eigenvalue weighted by molar-refractivity contribution is 7.90. The van der Waals surface area contributed by atoms with E-state index in [4.69, 9.17) is 21.1 Å². The molecule has 2 aromatic rings. The molecule has 3 rings (SSSR count). The van der Waals surface area contributed by atoms with Gasteiger partial charge >= 0.3 is 0 Å². The molecule has 132 valence electrons. The first-order chi connectivity index (χ1) is 11.9. The molecule has 0 saturated heterocycles. The highest BCUT2D eigenvalue weighted by Gasteiger charge is 2.23. The summed E-state index contributed by atoms with van der Waals surface area (Å²) in [5.41, 5.74) is 0.617. The van der Waals surface area contributed by atoms with E-state index < -0.39 is 15.9 Å². The van der Waals surface area contributed by atoms with E-state index in [2.05, 4.69) is 4.72 Å². The SMILES string of the molecule is Cc1ccccc1S(=O)(=O)NC(=O)c1cc(Cl)c2c(c1)OCCCO2. The van der Waals surface area contributed by atoms with Gasteiger partial charge in [0.25, 0.3) is 15.9 Å². The molecule has 25 heavy (non-hydrogen) atoms. The van der Waals surface area contributed by atoms with Gasteiger partial charge in [0.15, 0.2) is 11.5 Å². The van der Waals surface area contributed by atoms with Crippen LogP contribution in [-0.2, 0) is 10.0 Å². The number of carbonyl (C=O) groups is 1. The highest BCUT2D eigenvalue weighted by atomic mass is 35.5. The second kappa shape index (κ2) is 6.93. The Morgan fingerprint density at radius 1 is 1.16 bits per heavy atom. The van der Waals surface area contributed by atoms with E-state index in [0.717, 1.165) is 0 Å². The monoisotopic (exact) mass is 381 g/mol. The van der Waals surface area contributed by atoms with Crippen molar-refractivity contribution in [2.75, 3.05) is 13.2 Å². The molecule has 0 saturated carbocycles. The van der Waals surface area contributed by atoms with Crippen LogP contribution in [-0.4, -0.2) is 27.5 Å². The zero-order chi connectivity index (χ0) is 18.0. The summed E-state index contributed by atoms with van der Waals surface area (Å²) in [6.45, 7) is 2.54. The summed E-state index contributed by atoms with van der Waals surface area (Å²) < 4.78 is 38.0. The van der Waals surface area contributed by atoms with Crippen LogP contribution < -0.4 is 14.2 Å². The summed E-state index contributed by atoms with van der Waals surface area (Å²) >= 11 is 6.14. The Labute approximate surface area is 150 Å². The van der Waals surface area contributed by atoms with Gasteiger partial charge in [0.2, 0.25) is 0 Å². The number of amides is 1. The van der Waals surface area contributed by atoms with Gasteiger partial charge in [0, 0.05) is 12.0 Å². The third-order valence-electron chi connectivity index (χ3n) is 3.67. The van der Waals surface area contributed by atoms with Crippen molar-refractivity contribution in [1.82, 2.24) is 4.72 Å². The predicted octanol–water partition coefficient (Wildman–Crippen LogP) is 2.93. The Balaban J connectivity index is 1.90. The topological polar surface area (TPSA) is 81.7 Å². The number of sulfonamides is 1. The van der Waals surface area contributed by atoms with Gasteiger partial charge in [-0.15, -0.1) is 0 Å². The lowest BCUT2D eigenvalue weighted by molar-refractivity contribution is 0.0981. The van der Waals surface area contributed by atoms with Crippen molar-refractivity contribution < 1.29 is 22.7 Å². The molecule has 2 aromatic carbocycles. The molecule has 1 N–H and O–H groups in total. The minimum Gasteiger partial charge on any atom is -0.489 e. The molecule has 0 bridgehead atoms. The first kappa shape index (κ1) is 17.6. The lowest BCUT2D eigenvalue weighted by atomic mass is 10.2. The largest absolute Gasteiger partial charge is 0.489 e. The fourth-order valence-corrected chi connectivity index (χ4v) is 3.94. The first-order valence-corrected chi connectivity index (χ1v) is 9.46. The standard InChI is InChI=1S/C17H16ClNO5S/c1-11-5-2-3-6-15(11)25(21,22)19-17(20)12-9-13(18)16-14(10-12)23-7-4-8-24-16/h2-3,5-6,9-10H,4,7-8H2,1H3,(H,19,20). The normalized spacial score (nSPS) is 13.8. The van der Waals surface area contributed by atoms with E-state index in [-0.39, 0.29) is 15.5 Å². The van der Waals surface area contributed by atoms with Crippen LogP contribution in [0.25, 0.3) is 0 Å². The van der Waals surface area contributed by atoms with Gasteiger partial charge in [-0.2, -0.15) is 0 Å². The quantitative estimate of drug-likeness (QED) is 0.884. The summed E-state index contributed by atoms with van der Waals surface area (Å²) in [6, 6.07) is 9.19. The molecule has 6 nitrogen and oxygen atoms in total. The lowest BCUT2D eigenvalue weighted by Crippen LogP contribution is -2.31. The summed E-state index contributed by atoms with van der Waals surface area (Å²) in [5.74, 6) is -0.110. The van der Waals surface area contributed by atoms with Gasteiger partial charge in [0.1, 0.15) is 0 Å². The molecule has 0 radical (unpaired) electrons. The van der Waals surface area contributed by atoms with Gasteiger partial charge < -0.3 is 9.47 Å². The third-order valence-corrected chi connectivity index (χ3v) is 5.45. The van der Waals surface area contributed by atoms with Crippen molar-refractivity contribution in [3.8, 4) is 11.5 Å². The fourth-order valence-electron chi connectivity index (χ4n) is 2.46. The number of rotatable bonds is 3. The minimum absolute atomic E-state index is 0.0452. The molecule has 0 fully saturated rings. The van der Waals surface area contributed by atoms with Crippen molar-refractivity contribution in [1.29, 1.82) is 0 Å². The number of ether oxygens (including phenoxy) is 2. The Hall–Kier alpha value is -2.25. The summed E-state index contributed by atoms with van der Waals surface area (Å²) in [7, 11) is -3.99. The summed E-state index contributed by atoms with van der Waals surface area (Å²) in [6.07, 6.45) is 0.689. The molecule has 8 heteroatoms. The third kappa shape index (κ3) is 3.72. The van der Waals surface area contributed by atoms with Gasteiger partial charge in [-0.05, 0) is 30.7 Å². The zero-order valence-corrected chi connectivity index (χ0v) is 15.0. The molecular formula is C17H16ClNO5S. The van der Waals surface area contributed by atoms with E-state index >= 15 is 0 Å². The van der Waals surface area contributed by atoms with Crippen LogP contribution in [0.1, 0.15) is 22.3 Å². The van der Waals surface area contributed by atoms with Crippen LogP contribution in [0.2, 0.25) is 5.02 Å². The molecule has 0 aromatic heterocycles.